The Hall–Kier alpha value is -3.61. The number of nitrogens with zero attached hydrogens (tertiary/aromatic N) is 1. The number of rotatable bonds is 7. The third-order valence-electron chi connectivity index (χ3n) is 4.06. The molecule has 3 rings (SSSR count). The number of aryl methyl sites for hydroxylation is 1. The first kappa shape index (κ1) is 19.2. The van der Waals surface area contributed by atoms with Crippen LogP contribution in [0.3, 0.4) is 0 Å². The minimum absolute atomic E-state index is 0.138. The molecule has 0 saturated heterocycles. The minimum Gasteiger partial charge on any atom is -0.496 e. The number of ether oxygens (including phenoxy) is 1. The molecule has 0 saturated carbocycles. The fourth-order valence-corrected chi connectivity index (χ4v) is 2.62. The van der Waals surface area contributed by atoms with E-state index in [0.29, 0.717) is 22.9 Å². The van der Waals surface area contributed by atoms with E-state index in [1.807, 2.05) is 43.3 Å². The largest absolute Gasteiger partial charge is 0.496 e. The van der Waals surface area contributed by atoms with Crippen molar-refractivity contribution in [2.45, 2.75) is 19.9 Å². The third kappa shape index (κ3) is 4.97. The van der Waals surface area contributed by atoms with Crippen molar-refractivity contribution in [1.29, 1.82) is 0 Å². The molecule has 0 aliphatic rings. The fraction of sp³-hybridized carbons (Fsp3) is 0.190. The van der Waals surface area contributed by atoms with Gasteiger partial charge in [-0.1, -0.05) is 35.0 Å². The number of amides is 2. The maximum absolute atomic E-state index is 12.0. The zero-order valence-electron chi connectivity index (χ0n) is 15.7. The number of carbonyl (C=O) groups excluding carboxylic acids is 2. The molecule has 7 nitrogen and oxygen atoms in total. The molecule has 0 spiro atoms. The second-order valence-corrected chi connectivity index (χ2v) is 6.25. The van der Waals surface area contributed by atoms with Crippen molar-refractivity contribution in [2.75, 3.05) is 12.4 Å². The zero-order chi connectivity index (χ0) is 19.9. The summed E-state index contributed by atoms with van der Waals surface area (Å²) in [5.41, 5.74) is 3.15. The smallest absolute Gasteiger partial charge is 0.233 e. The number of hydrogen-bond donors (Lipinski definition) is 2. The summed E-state index contributed by atoms with van der Waals surface area (Å²) in [7, 11) is 1.59. The van der Waals surface area contributed by atoms with Crippen molar-refractivity contribution in [3.05, 3.63) is 65.9 Å². The Balaban J connectivity index is 1.51. The minimum atomic E-state index is -0.403. The van der Waals surface area contributed by atoms with Gasteiger partial charge in [0.15, 0.2) is 5.76 Å². The zero-order valence-corrected chi connectivity index (χ0v) is 15.7. The first-order valence-electron chi connectivity index (χ1n) is 8.77. The summed E-state index contributed by atoms with van der Waals surface area (Å²) in [6, 6.07) is 16.5. The number of carbonyl (C=O) groups is 2. The topological polar surface area (TPSA) is 93.5 Å². The molecule has 7 heteroatoms. The van der Waals surface area contributed by atoms with Gasteiger partial charge in [0.1, 0.15) is 17.9 Å². The Labute approximate surface area is 162 Å². The number of para-hydroxylation sites is 1. The Kier molecular flexibility index (Phi) is 6.06. The van der Waals surface area contributed by atoms with Crippen LogP contribution in [-0.4, -0.2) is 24.1 Å². The van der Waals surface area contributed by atoms with E-state index in [9.17, 15) is 9.59 Å². The van der Waals surface area contributed by atoms with Crippen molar-refractivity contribution < 1.29 is 18.8 Å². The van der Waals surface area contributed by atoms with Crippen LogP contribution in [0.15, 0.2) is 59.1 Å². The van der Waals surface area contributed by atoms with Gasteiger partial charge >= 0.3 is 0 Å². The van der Waals surface area contributed by atoms with Gasteiger partial charge in [-0.05, 0) is 31.2 Å². The molecule has 2 amide bonds. The molecule has 1 aromatic heterocycles. The van der Waals surface area contributed by atoms with Crippen molar-refractivity contribution in [2.24, 2.45) is 0 Å². The summed E-state index contributed by atoms with van der Waals surface area (Å²) >= 11 is 0. The molecule has 0 bridgehead atoms. The normalized spacial score (nSPS) is 10.4. The Morgan fingerprint density at radius 1 is 1.07 bits per heavy atom. The Bertz CT molecular complexity index is 964. The van der Waals surface area contributed by atoms with Gasteiger partial charge in [0, 0.05) is 17.3 Å². The molecule has 0 fully saturated rings. The highest BCUT2D eigenvalue weighted by Crippen LogP contribution is 2.28. The number of anilines is 1. The van der Waals surface area contributed by atoms with E-state index in [-0.39, 0.29) is 18.9 Å². The highest BCUT2D eigenvalue weighted by Gasteiger charge is 2.13. The number of hydrogen-bond acceptors (Lipinski definition) is 5. The molecule has 0 unspecified atom stereocenters. The van der Waals surface area contributed by atoms with Crippen LogP contribution in [0, 0.1) is 6.92 Å². The summed E-state index contributed by atoms with van der Waals surface area (Å²) in [5.74, 6) is 0.376. The standard InChI is InChI=1S/C21H21N3O4/c1-14-7-9-15(10-8-14)23-21(26)12-20(25)22-13-16-11-18(24-28-16)17-5-3-4-6-19(17)27-2/h3-11H,12-13H2,1-2H3,(H,22,25)(H,23,26). The molecule has 0 atom stereocenters. The summed E-state index contributed by atoms with van der Waals surface area (Å²) < 4.78 is 10.6. The first-order chi connectivity index (χ1) is 13.5. The lowest BCUT2D eigenvalue weighted by Crippen LogP contribution is -2.27. The molecule has 2 N–H and O–H groups in total. The Morgan fingerprint density at radius 3 is 2.57 bits per heavy atom. The van der Waals surface area contributed by atoms with Gasteiger partial charge in [-0.3, -0.25) is 9.59 Å². The van der Waals surface area contributed by atoms with Gasteiger partial charge in [0.2, 0.25) is 11.8 Å². The van der Waals surface area contributed by atoms with Crippen LogP contribution in [0.25, 0.3) is 11.3 Å². The van der Waals surface area contributed by atoms with E-state index < -0.39 is 5.91 Å². The van der Waals surface area contributed by atoms with E-state index in [1.54, 1.807) is 25.3 Å². The van der Waals surface area contributed by atoms with E-state index in [4.69, 9.17) is 9.26 Å². The van der Waals surface area contributed by atoms with Gasteiger partial charge in [-0.25, -0.2) is 0 Å². The van der Waals surface area contributed by atoms with Crippen molar-refractivity contribution >= 4 is 17.5 Å². The second kappa shape index (κ2) is 8.85. The van der Waals surface area contributed by atoms with E-state index in [2.05, 4.69) is 15.8 Å². The number of aromatic nitrogens is 1. The van der Waals surface area contributed by atoms with Crippen LogP contribution < -0.4 is 15.4 Å². The SMILES string of the molecule is COc1ccccc1-c1cc(CNC(=O)CC(=O)Nc2ccc(C)cc2)on1. The van der Waals surface area contributed by atoms with Crippen LogP contribution in [0.5, 0.6) is 5.75 Å². The summed E-state index contributed by atoms with van der Waals surface area (Å²) in [6.07, 6.45) is -0.276. The predicted molar refractivity (Wildman–Crippen MR) is 105 cm³/mol. The lowest BCUT2D eigenvalue weighted by Gasteiger charge is -2.06. The monoisotopic (exact) mass is 379 g/mol. The molecule has 28 heavy (non-hydrogen) atoms. The number of nitrogens with one attached hydrogen (secondary N) is 2. The third-order valence-corrected chi connectivity index (χ3v) is 4.06. The van der Waals surface area contributed by atoms with E-state index in [1.165, 1.54) is 0 Å². The average molecular weight is 379 g/mol. The van der Waals surface area contributed by atoms with Gasteiger partial charge < -0.3 is 19.9 Å². The molecule has 1 heterocycles. The van der Waals surface area contributed by atoms with Crippen LogP contribution >= 0.6 is 0 Å². The predicted octanol–water partition coefficient (Wildman–Crippen LogP) is 3.30. The van der Waals surface area contributed by atoms with Gasteiger partial charge in [0.05, 0.1) is 13.7 Å². The van der Waals surface area contributed by atoms with Gasteiger partial charge in [-0.15, -0.1) is 0 Å². The molecule has 0 aliphatic carbocycles. The molecule has 144 valence electrons. The lowest BCUT2D eigenvalue weighted by atomic mass is 10.1. The quantitative estimate of drug-likeness (QED) is 0.615. The first-order valence-corrected chi connectivity index (χ1v) is 8.77. The van der Waals surface area contributed by atoms with Crippen LogP contribution in [0.2, 0.25) is 0 Å². The van der Waals surface area contributed by atoms with Crippen LogP contribution in [0.4, 0.5) is 5.69 Å². The lowest BCUT2D eigenvalue weighted by molar-refractivity contribution is -0.127. The van der Waals surface area contributed by atoms with Crippen LogP contribution in [-0.2, 0) is 16.1 Å². The molecule has 3 aromatic rings. The Morgan fingerprint density at radius 2 is 1.82 bits per heavy atom. The molecule has 2 aromatic carbocycles. The molecular formula is C21H21N3O4. The van der Waals surface area contributed by atoms with Crippen LogP contribution in [0.1, 0.15) is 17.7 Å². The highest BCUT2D eigenvalue weighted by molar-refractivity contribution is 6.03. The molecular weight excluding hydrogens is 358 g/mol. The second-order valence-electron chi connectivity index (χ2n) is 6.25. The highest BCUT2D eigenvalue weighted by atomic mass is 16.5. The average Bonchev–Trinajstić information content (AvgIpc) is 3.17. The van der Waals surface area contributed by atoms with E-state index in [0.717, 1.165) is 11.1 Å². The fourth-order valence-electron chi connectivity index (χ4n) is 2.62. The van der Waals surface area contributed by atoms with E-state index >= 15 is 0 Å². The van der Waals surface area contributed by atoms with Gasteiger partial charge in [-0.2, -0.15) is 0 Å². The molecule has 0 aliphatic heterocycles. The summed E-state index contributed by atoms with van der Waals surface area (Å²) in [6.45, 7) is 2.10. The maximum Gasteiger partial charge on any atom is 0.233 e. The summed E-state index contributed by atoms with van der Waals surface area (Å²) in [5, 5.41) is 9.35. The van der Waals surface area contributed by atoms with Crippen molar-refractivity contribution in [3.63, 3.8) is 0 Å². The van der Waals surface area contributed by atoms with Crippen molar-refractivity contribution in [3.8, 4) is 17.0 Å². The maximum atomic E-state index is 12.0. The van der Waals surface area contributed by atoms with Gasteiger partial charge in [0.25, 0.3) is 0 Å². The molecule has 0 radical (unpaired) electrons. The number of benzene rings is 2. The number of methoxy groups -OCH3 is 1. The summed E-state index contributed by atoms with van der Waals surface area (Å²) in [4.78, 5) is 24.0. The van der Waals surface area contributed by atoms with Crippen molar-refractivity contribution in [1.82, 2.24) is 10.5 Å².